The first-order chi connectivity index (χ1) is 10.4. The summed E-state index contributed by atoms with van der Waals surface area (Å²) in [5, 5.41) is 11.9. The van der Waals surface area contributed by atoms with E-state index in [-0.39, 0.29) is 11.8 Å². The minimum atomic E-state index is -0.969. The van der Waals surface area contributed by atoms with Gasteiger partial charge in [-0.1, -0.05) is 6.07 Å². The lowest BCUT2D eigenvalue weighted by Gasteiger charge is -2.33. The van der Waals surface area contributed by atoms with Gasteiger partial charge in [0.15, 0.2) is 0 Å². The van der Waals surface area contributed by atoms with E-state index in [4.69, 9.17) is 0 Å². The highest BCUT2D eigenvalue weighted by Crippen LogP contribution is 2.23. The molecule has 1 aliphatic rings. The Bertz CT molecular complexity index is 612. The molecule has 1 aromatic rings. The first kappa shape index (κ1) is 16.0. The molecule has 2 N–H and O–H groups in total. The maximum Gasteiger partial charge on any atom is 0.326 e. The number of nitrogens with zero attached hydrogens (tertiary/aromatic N) is 1. The molecule has 22 heavy (non-hydrogen) atoms. The van der Waals surface area contributed by atoms with Gasteiger partial charge in [0.2, 0.25) is 5.91 Å². The second-order valence-electron chi connectivity index (χ2n) is 5.56. The highest BCUT2D eigenvalue weighted by Gasteiger charge is 2.33. The van der Waals surface area contributed by atoms with Gasteiger partial charge in [-0.15, -0.1) is 0 Å². The Hall–Kier alpha value is -2.37. The zero-order chi connectivity index (χ0) is 16.3. The van der Waals surface area contributed by atoms with Crippen molar-refractivity contribution >= 4 is 23.5 Å². The van der Waals surface area contributed by atoms with Gasteiger partial charge in [-0.05, 0) is 43.9 Å². The number of aryl methyl sites for hydroxylation is 1. The van der Waals surface area contributed by atoms with Gasteiger partial charge >= 0.3 is 5.97 Å². The van der Waals surface area contributed by atoms with E-state index in [1.807, 2.05) is 0 Å². The fraction of sp³-hybridized carbons (Fsp3) is 0.438. The van der Waals surface area contributed by atoms with Crippen LogP contribution in [0.3, 0.4) is 0 Å². The molecule has 1 unspecified atom stereocenters. The van der Waals surface area contributed by atoms with E-state index < -0.39 is 12.0 Å². The number of carbonyl (C=O) groups is 3. The molecule has 0 bridgehead atoms. The van der Waals surface area contributed by atoms with Gasteiger partial charge in [-0.2, -0.15) is 0 Å². The zero-order valence-electron chi connectivity index (χ0n) is 12.8. The number of aliphatic carboxylic acids is 1. The van der Waals surface area contributed by atoms with Crippen LogP contribution in [-0.4, -0.2) is 40.4 Å². The molecular formula is C16H20N2O4. The topological polar surface area (TPSA) is 86.7 Å². The van der Waals surface area contributed by atoms with Gasteiger partial charge in [0.25, 0.3) is 5.91 Å². The molecule has 1 fully saturated rings. The minimum Gasteiger partial charge on any atom is -0.480 e. The number of hydrogen-bond donors (Lipinski definition) is 2. The number of benzene rings is 1. The van der Waals surface area contributed by atoms with Crippen LogP contribution in [0.5, 0.6) is 0 Å². The summed E-state index contributed by atoms with van der Waals surface area (Å²) in [4.78, 5) is 36.6. The largest absolute Gasteiger partial charge is 0.480 e. The first-order valence-electron chi connectivity index (χ1n) is 7.32. The van der Waals surface area contributed by atoms with E-state index >= 15 is 0 Å². The molecule has 1 saturated heterocycles. The number of anilines is 1. The highest BCUT2D eigenvalue weighted by molar-refractivity contribution is 5.99. The Kier molecular flexibility index (Phi) is 4.80. The van der Waals surface area contributed by atoms with Crippen LogP contribution in [0, 0.1) is 6.92 Å². The molecule has 1 atom stereocenters. The van der Waals surface area contributed by atoms with Gasteiger partial charge in [0.05, 0.1) is 0 Å². The maximum atomic E-state index is 12.7. The quantitative estimate of drug-likeness (QED) is 0.894. The van der Waals surface area contributed by atoms with Gasteiger partial charge in [-0.25, -0.2) is 4.79 Å². The van der Waals surface area contributed by atoms with Crippen molar-refractivity contribution in [1.29, 1.82) is 0 Å². The van der Waals surface area contributed by atoms with Crippen molar-refractivity contribution in [3.05, 3.63) is 29.3 Å². The Labute approximate surface area is 129 Å². The zero-order valence-corrected chi connectivity index (χ0v) is 12.8. The summed E-state index contributed by atoms with van der Waals surface area (Å²) in [6.07, 6.45) is 2.09. The molecule has 0 radical (unpaired) electrons. The van der Waals surface area contributed by atoms with Crippen molar-refractivity contribution in [2.75, 3.05) is 11.9 Å². The van der Waals surface area contributed by atoms with Crippen molar-refractivity contribution in [1.82, 2.24) is 4.90 Å². The van der Waals surface area contributed by atoms with Crippen LogP contribution in [0.15, 0.2) is 18.2 Å². The van der Waals surface area contributed by atoms with Crippen LogP contribution in [-0.2, 0) is 9.59 Å². The number of nitrogens with one attached hydrogen (secondary N) is 1. The number of hydrogen-bond acceptors (Lipinski definition) is 3. The molecule has 6 nitrogen and oxygen atoms in total. The van der Waals surface area contributed by atoms with Crippen LogP contribution in [0.25, 0.3) is 0 Å². The number of carbonyl (C=O) groups excluding carboxylic acids is 2. The third kappa shape index (κ3) is 3.44. The van der Waals surface area contributed by atoms with Crippen molar-refractivity contribution in [3.8, 4) is 0 Å². The number of carboxylic acid groups (broad SMARTS) is 1. The molecule has 6 heteroatoms. The molecule has 0 spiro atoms. The second kappa shape index (κ2) is 6.60. The van der Waals surface area contributed by atoms with Crippen LogP contribution in [0.4, 0.5) is 5.69 Å². The Morgan fingerprint density at radius 2 is 2.00 bits per heavy atom. The lowest BCUT2D eigenvalue weighted by atomic mass is 9.99. The lowest BCUT2D eigenvalue weighted by molar-refractivity contribution is -0.143. The molecule has 1 heterocycles. The average molecular weight is 304 g/mol. The van der Waals surface area contributed by atoms with Crippen LogP contribution in [0.1, 0.15) is 42.1 Å². The van der Waals surface area contributed by atoms with Gasteiger partial charge in [-0.3, -0.25) is 9.59 Å². The summed E-state index contributed by atoms with van der Waals surface area (Å²) in [6, 6.07) is 4.30. The highest BCUT2D eigenvalue weighted by atomic mass is 16.4. The summed E-state index contributed by atoms with van der Waals surface area (Å²) < 4.78 is 0. The summed E-state index contributed by atoms with van der Waals surface area (Å²) in [6.45, 7) is 3.64. The molecule has 1 aliphatic heterocycles. The van der Waals surface area contributed by atoms with Crippen molar-refractivity contribution in [3.63, 3.8) is 0 Å². The van der Waals surface area contributed by atoms with E-state index in [2.05, 4.69) is 5.32 Å². The molecule has 2 amide bonds. The summed E-state index contributed by atoms with van der Waals surface area (Å²) in [5.41, 5.74) is 1.72. The number of carboxylic acids is 1. The van der Waals surface area contributed by atoms with E-state index in [0.29, 0.717) is 24.2 Å². The van der Waals surface area contributed by atoms with Crippen molar-refractivity contribution in [2.24, 2.45) is 0 Å². The Morgan fingerprint density at radius 1 is 1.27 bits per heavy atom. The van der Waals surface area contributed by atoms with Crippen LogP contribution < -0.4 is 5.32 Å². The lowest BCUT2D eigenvalue weighted by Crippen LogP contribution is -2.48. The fourth-order valence-electron chi connectivity index (χ4n) is 2.72. The van der Waals surface area contributed by atoms with E-state index in [0.717, 1.165) is 18.4 Å². The molecule has 0 saturated carbocycles. The SMILES string of the molecule is CC(=O)Nc1ccc(C)c(C(=O)N2CCCCC2C(=O)O)c1. The standard InChI is InChI=1S/C16H20N2O4/c1-10-6-7-12(17-11(2)19)9-13(10)15(20)18-8-4-3-5-14(18)16(21)22/h6-7,9,14H,3-5,8H2,1-2H3,(H,17,19)(H,21,22). The van der Waals surface area contributed by atoms with Crippen molar-refractivity contribution < 1.29 is 19.5 Å². The molecular weight excluding hydrogens is 284 g/mol. The summed E-state index contributed by atoms with van der Waals surface area (Å²) >= 11 is 0. The number of piperidine rings is 1. The average Bonchev–Trinajstić information content (AvgIpc) is 2.48. The van der Waals surface area contributed by atoms with E-state index in [1.165, 1.54) is 11.8 Å². The molecule has 0 aromatic heterocycles. The summed E-state index contributed by atoms with van der Waals surface area (Å²) in [5.74, 6) is -1.48. The molecule has 118 valence electrons. The van der Waals surface area contributed by atoms with Gasteiger partial charge < -0.3 is 15.3 Å². The minimum absolute atomic E-state index is 0.219. The number of likely N-dealkylation sites (tertiary alicyclic amines) is 1. The smallest absolute Gasteiger partial charge is 0.326 e. The third-order valence-electron chi connectivity index (χ3n) is 3.84. The molecule has 2 rings (SSSR count). The predicted octanol–water partition coefficient (Wildman–Crippen LogP) is 2.03. The molecule has 0 aliphatic carbocycles. The van der Waals surface area contributed by atoms with Gasteiger partial charge in [0, 0.05) is 24.7 Å². The summed E-state index contributed by atoms with van der Waals surface area (Å²) in [7, 11) is 0. The Morgan fingerprint density at radius 3 is 2.64 bits per heavy atom. The van der Waals surface area contributed by atoms with Crippen LogP contribution >= 0.6 is 0 Å². The van der Waals surface area contributed by atoms with Crippen molar-refractivity contribution in [2.45, 2.75) is 39.2 Å². The molecule has 1 aromatic carbocycles. The first-order valence-corrected chi connectivity index (χ1v) is 7.32. The Balaban J connectivity index is 2.31. The van der Waals surface area contributed by atoms with E-state index in [1.54, 1.807) is 25.1 Å². The normalized spacial score (nSPS) is 17.9. The predicted molar refractivity (Wildman–Crippen MR) is 81.8 cm³/mol. The van der Waals surface area contributed by atoms with Gasteiger partial charge in [0.1, 0.15) is 6.04 Å². The maximum absolute atomic E-state index is 12.7. The second-order valence-corrected chi connectivity index (χ2v) is 5.56. The van der Waals surface area contributed by atoms with E-state index in [9.17, 15) is 19.5 Å². The fourth-order valence-corrected chi connectivity index (χ4v) is 2.72. The number of rotatable bonds is 3. The monoisotopic (exact) mass is 304 g/mol. The third-order valence-corrected chi connectivity index (χ3v) is 3.84. The van der Waals surface area contributed by atoms with Crippen LogP contribution in [0.2, 0.25) is 0 Å². The number of amides is 2.